The van der Waals surface area contributed by atoms with Crippen molar-refractivity contribution in [2.75, 3.05) is 0 Å². The highest BCUT2D eigenvalue weighted by atomic mass is 16.3. The number of hydrogen-bond donors (Lipinski definition) is 1. The molecule has 166 valence electrons. The Bertz CT molecular complexity index is 1580. The summed E-state index contributed by atoms with van der Waals surface area (Å²) in [4.78, 5) is 18.6. The molecule has 35 heavy (non-hydrogen) atoms. The predicted octanol–water partition coefficient (Wildman–Crippen LogP) is 6.79. The van der Waals surface area contributed by atoms with Gasteiger partial charge >= 0.3 is 0 Å². The number of nitrogens with zero attached hydrogens (tertiary/aromatic N) is 4. The highest BCUT2D eigenvalue weighted by Crippen LogP contribution is 2.35. The van der Waals surface area contributed by atoms with Gasteiger partial charge in [-0.15, -0.1) is 0 Å². The molecule has 0 amide bonds. The van der Waals surface area contributed by atoms with Gasteiger partial charge in [-0.25, -0.2) is 15.0 Å². The molecule has 0 aliphatic heterocycles. The smallest absolute Gasteiger partial charge is 0.164 e. The second-order valence-electron chi connectivity index (χ2n) is 8.15. The molecule has 0 atom stereocenters. The summed E-state index contributed by atoms with van der Waals surface area (Å²) in [5.41, 5.74) is 4.93. The van der Waals surface area contributed by atoms with Crippen molar-refractivity contribution in [1.29, 1.82) is 0 Å². The Morgan fingerprint density at radius 3 is 1.54 bits per heavy atom. The minimum Gasteiger partial charge on any atom is -0.505 e. The molecule has 0 spiro atoms. The van der Waals surface area contributed by atoms with Crippen LogP contribution in [0, 0.1) is 0 Å². The van der Waals surface area contributed by atoms with E-state index in [2.05, 4.69) is 4.98 Å². The van der Waals surface area contributed by atoms with Crippen LogP contribution in [0.4, 0.5) is 0 Å². The molecule has 6 rings (SSSR count). The average Bonchev–Trinajstić information content (AvgIpc) is 2.94. The molecular weight excluding hydrogens is 432 g/mol. The van der Waals surface area contributed by atoms with Gasteiger partial charge in [0.05, 0.1) is 0 Å². The zero-order valence-corrected chi connectivity index (χ0v) is 18.7. The SMILES string of the molecule is Oc1c(-c2ccc(-c3nc(-c4ccccc4)nc(-c4ccccc4)n3)cc2)ccc2cccnc12. The highest BCUT2D eigenvalue weighted by molar-refractivity contribution is 5.92. The second-order valence-corrected chi connectivity index (χ2v) is 8.15. The Morgan fingerprint density at radius 2 is 0.971 bits per heavy atom. The summed E-state index contributed by atoms with van der Waals surface area (Å²) in [5.74, 6) is 2.01. The van der Waals surface area contributed by atoms with Gasteiger partial charge in [-0.2, -0.15) is 0 Å². The van der Waals surface area contributed by atoms with E-state index in [1.807, 2.05) is 109 Å². The Morgan fingerprint density at radius 1 is 0.457 bits per heavy atom. The van der Waals surface area contributed by atoms with Crippen LogP contribution in [0.25, 0.3) is 56.2 Å². The van der Waals surface area contributed by atoms with E-state index in [4.69, 9.17) is 15.0 Å². The molecule has 5 nitrogen and oxygen atoms in total. The molecule has 0 aliphatic carbocycles. The lowest BCUT2D eigenvalue weighted by atomic mass is 10.0. The summed E-state index contributed by atoms with van der Waals surface area (Å²) in [6.07, 6.45) is 1.68. The van der Waals surface area contributed by atoms with Gasteiger partial charge in [0, 0.05) is 33.8 Å². The first kappa shape index (κ1) is 20.7. The molecule has 0 bridgehead atoms. The average molecular weight is 453 g/mol. The zero-order valence-electron chi connectivity index (χ0n) is 18.7. The maximum Gasteiger partial charge on any atom is 0.164 e. The first-order valence-electron chi connectivity index (χ1n) is 11.3. The lowest BCUT2D eigenvalue weighted by molar-refractivity contribution is 0.482. The third-order valence-electron chi connectivity index (χ3n) is 5.90. The van der Waals surface area contributed by atoms with E-state index >= 15 is 0 Å². The molecule has 4 aromatic carbocycles. The molecule has 6 aromatic rings. The van der Waals surface area contributed by atoms with E-state index in [0.717, 1.165) is 33.2 Å². The van der Waals surface area contributed by atoms with Crippen LogP contribution in [0.2, 0.25) is 0 Å². The van der Waals surface area contributed by atoms with Crippen LogP contribution in [-0.4, -0.2) is 25.0 Å². The van der Waals surface area contributed by atoms with Crippen molar-refractivity contribution in [1.82, 2.24) is 19.9 Å². The van der Waals surface area contributed by atoms with Crippen LogP contribution >= 0.6 is 0 Å². The number of aromatic hydroxyl groups is 1. The summed E-state index contributed by atoms with van der Waals surface area (Å²) < 4.78 is 0. The van der Waals surface area contributed by atoms with E-state index in [9.17, 15) is 5.11 Å². The topological polar surface area (TPSA) is 71.8 Å². The molecule has 5 heteroatoms. The quantitative estimate of drug-likeness (QED) is 0.319. The summed E-state index contributed by atoms with van der Waals surface area (Å²) >= 11 is 0. The minimum atomic E-state index is 0.175. The van der Waals surface area contributed by atoms with E-state index in [1.54, 1.807) is 6.20 Å². The van der Waals surface area contributed by atoms with E-state index in [1.165, 1.54) is 0 Å². The molecule has 0 unspecified atom stereocenters. The Labute approximate surface area is 202 Å². The normalized spacial score (nSPS) is 11.0. The number of rotatable bonds is 4. The van der Waals surface area contributed by atoms with Gasteiger partial charge in [-0.05, 0) is 17.7 Å². The zero-order chi connectivity index (χ0) is 23.6. The molecule has 1 N–H and O–H groups in total. The highest BCUT2D eigenvalue weighted by Gasteiger charge is 2.13. The van der Waals surface area contributed by atoms with Crippen molar-refractivity contribution in [3.05, 3.63) is 115 Å². The second kappa shape index (κ2) is 8.80. The van der Waals surface area contributed by atoms with Crippen molar-refractivity contribution in [2.45, 2.75) is 0 Å². The predicted molar refractivity (Wildman–Crippen MR) is 139 cm³/mol. The summed E-state index contributed by atoms with van der Waals surface area (Å²) in [5, 5.41) is 11.7. The van der Waals surface area contributed by atoms with Gasteiger partial charge < -0.3 is 5.11 Å². The lowest BCUT2D eigenvalue weighted by Crippen LogP contribution is -2.00. The van der Waals surface area contributed by atoms with Crippen molar-refractivity contribution in [2.24, 2.45) is 0 Å². The molecule has 0 saturated heterocycles. The van der Waals surface area contributed by atoms with Gasteiger partial charge in [0.2, 0.25) is 0 Å². The number of benzene rings is 4. The fraction of sp³-hybridized carbons (Fsp3) is 0. The number of pyridine rings is 1. The van der Waals surface area contributed by atoms with Crippen LogP contribution in [-0.2, 0) is 0 Å². The Hall–Kier alpha value is -4.90. The number of phenolic OH excluding ortho intramolecular Hbond substituents is 1. The molecule has 2 aromatic heterocycles. The van der Waals surface area contributed by atoms with Gasteiger partial charge in [0.1, 0.15) is 11.3 Å². The van der Waals surface area contributed by atoms with Crippen LogP contribution in [0.15, 0.2) is 115 Å². The van der Waals surface area contributed by atoms with Gasteiger partial charge in [-0.3, -0.25) is 4.98 Å². The van der Waals surface area contributed by atoms with Gasteiger partial charge in [-0.1, -0.05) is 97.1 Å². The summed E-state index contributed by atoms with van der Waals surface area (Å²) in [7, 11) is 0. The molecule has 0 radical (unpaired) electrons. The number of aromatic nitrogens is 4. The van der Waals surface area contributed by atoms with Crippen LogP contribution < -0.4 is 0 Å². The van der Waals surface area contributed by atoms with Gasteiger partial charge in [0.15, 0.2) is 17.5 Å². The molecule has 0 fully saturated rings. The first-order valence-corrected chi connectivity index (χ1v) is 11.3. The maximum atomic E-state index is 10.8. The number of phenols is 1. The molecule has 0 saturated carbocycles. The van der Waals surface area contributed by atoms with Crippen LogP contribution in [0.1, 0.15) is 0 Å². The third kappa shape index (κ3) is 4.00. The Balaban J connectivity index is 1.44. The number of hydrogen-bond acceptors (Lipinski definition) is 5. The van der Waals surface area contributed by atoms with Crippen molar-refractivity contribution >= 4 is 10.9 Å². The fourth-order valence-corrected chi connectivity index (χ4v) is 4.10. The minimum absolute atomic E-state index is 0.175. The van der Waals surface area contributed by atoms with E-state index < -0.39 is 0 Å². The van der Waals surface area contributed by atoms with Crippen LogP contribution in [0.5, 0.6) is 5.75 Å². The number of fused-ring (bicyclic) bond motifs is 1. The lowest BCUT2D eigenvalue weighted by Gasteiger charge is -2.10. The fourth-order valence-electron chi connectivity index (χ4n) is 4.10. The maximum absolute atomic E-state index is 10.8. The Kier molecular flexibility index (Phi) is 5.20. The van der Waals surface area contributed by atoms with E-state index in [-0.39, 0.29) is 5.75 Å². The molecule has 0 aliphatic rings. The first-order chi connectivity index (χ1) is 17.3. The molecule has 2 heterocycles. The van der Waals surface area contributed by atoms with Crippen molar-refractivity contribution in [3.8, 4) is 51.0 Å². The van der Waals surface area contributed by atoms with Crippen molar-refractivity contribution < 1.29 is 5.11 Å². The van der Waals surface area contributed by atoms with Crippen molar-refractivity contribution in [3.63, 3.8) is 0 Å². The monoisotopic (exact) mass is 452 g/mol. The summed E-state index contributed by atoms with van der Waals surface area (Å²) in [6.45, 7) is 0. The molecular formula is C30H20N4O. The largest absolute Gasteiger partial charge is 0.505 e. The summed E-state index contributed by atoms with van der Waals surface area (Å²) in [6, 6.07) is 35.4. The van der Waals surface area contributed by atoms with Crippen LogP contribution in [0.3, 0.4) is 0 Å². The van der Waals surface area contributed by atoms with E-state index in [0.29, 0.717) is 23.0 Å². The van der Waals surface area contributed by atoms with Gasteiger partial charge in [0.25, 0.3) is 0 Å². The standard InChI is InChI=1S/C30H20N4O/c35-27-25(18-17-21-12-7-19-31-26(21)27)20-13-15-24(16-14-20)30-33-28(22-8-3-1-4-9-22)32-29(34-30)23-10-5-2-6-11-23/h1-19,35H. The third-order valence-corrected chi connectivity index (χ3v) is 5.90.